The van der Waals surface area contributed by atoms with Crippen LogP contribution in [0.3, 0.4) is 0 Å². The van der Waals surface area contributed by atoms with E-state index in [-0.39, 0.29) is 5.78 Å². The van der Waals surface area contributed by atoms with Gasteiger partial charge in [-0.2, -0.15) is 0 Å². The van der Waals surface area contributed by atoms with Crippen molar-refractivity contribution >= 4 is 11.5 Å². The largest absolute Gasteiger partial charge is 0.362 e. The van der Waals surface area contributed by atoms with Gasteiger partial charge in [-0.05, 0) is 25.1 Å². The number of nitrogens with one attached hydrogen (secondary N) is 1. The van der Waals surface area contributed by atoms with Gasteiger partial charge in [-0.15, -0.1) is 0 Å². The number of allylic oxidation sites excluding steroid dienone is 1. The summed E-state index contributed by atoms with van der Waals surface area (Å²) >= 11 is 0. The Bertz CT molecular complexity index is 277. The average Bonchev–Trinajstić information content (AvgIpc) is 2.05. The van der Waals surface area contributed by atoms with E-state index in [9.17, 15) is 4.79 Å². The topological polar surface area (TPSA) is 29.1 Å². The number of benzene rings is 1. The molecule has 1 N–H and O–H groups in total. The molecule has 1 aromatic rings. The first-order valence-electron chi connectivity index (χ1n) is 3.78. The maximum atomic E-state index is 10.5. The van der Waals surface area contributed by atoms with Crippen molar-refractivity contribution in [3.05, 3.63) is 42.6 Å². The first-order valence-corrected chi connectivity index (χ1v) is 3.78. The highest BCUT2D eigenvalue weighted by atomic mass is 16.1. The van der Waals surface area contributed by atoms with Crippen molar-refractivity contribution in [1.29, 1.82) is 0 Å². The Balaban J connectivity index is 2.49. The maximum absolute atomic E-state index is 10.5. The van der Waals surface area contributed by atoms with Crippen LogP contribution in [0.1, 0.15) is 6.92 Å². The van der Waals surface area contributed by atoms with E-state index in [1.54, 1.807) is 6.20 Å². The monoisotopic (exact) mass is 161 g/mol. The fourth-order valence-electron chi connectivity index (χ4n) is 0.790. The second-order valence-corrected chi connectivity index (χ2v) is 2.45. The molecule has 0 aliphatic rings. The van der Waals surface area contributed by atoms with Crippen molar-refractivity contribution in [2.45, 2.75) is 6.92 Å². The van der Waals surface area contributed by atoms with Crippen LogP contribution in [-0.4, -0.2) is 5.78 Å². The molecule has 0 aliphatic heterocycles. The third kappa shape index (κ3) is 3.01. The Hall–Kier alpha value is -1.57. The lowest BCUT2D eigenvalue weighted by molar-refractivity contribution is -0.112. The van der Waals surface area contributed by atoms with E-state index in [1.807, 2.05) is 30.3 Å². The molecule has 0 bridgehead atoms. The zero-order valence-corrected chi connectivity index (χ0v) is 6.95. The third-order valence-corrected chi connectivity index (χ3v) is 1.34. The van der Waals surface area contributed by atoms with Gasteiger partial charge in [0.05, 0.1) is 0 Å². The summed E-state index contributed by atoms with van der Waals surface area (Å²) in [5.41, 5.74) is 0.981. The van der Waals surface area contributed by atoms with Gasteiger partial charge in [-0.3, -0.25) is 4.79 Å². The number of rotatable bonds is 3. The Morgan fingerprint density at radius 2 is 2.00 bits per heavy atom. The quantitative estimate of drug-likeness (QED) is 0.688. The van der Waals surface area contributed by atoms with Crippen molar-refractivity contribution in [2.24, 2.45) is 0 Å². The van der Waals surface area contributed by atoms with Crippen LogP contribution in [0, 0.1) is 0 Å². The van der Waals surface area contributed by atoms with Crippen LogP contribution in [0.5, 0.6) is 0 Å². The molecule has 0 spiro atoms. The molecule has 0 radical (unpaired) electrons. The number of carbonyl (C=O) groups is 1. The highest BCUT2D eigenvalue weighted by molar-refractivity contribution is 5.87. The number of anilines is 1. The summed E-state index contributed by atoms with van der Waals surface area (Å²) < 4.78 is 0. The molecule has 0 atom stereocenters. The average molecular weight is 161 g/mol. The Morgan fingerprint density at radius 1 is 1.33 bits per heavy atom. The first kappa shape index (κ1) is 8.53. The number of hydrogen-bond donors (Lipinski definition) is 1. The Labute approximate surface area is 71.9 Å². The van der Waals surface area contributed by atoms with Gasteiger partial charge < -0.3 is 5.32 Å². The van der Waals surface area contributed by atoms with Gasteiger partial charge in [0.2, 0.25) is 0 Å². The van der Waals surface area contributed by atoms with Gasteiger partial charge in [0.15, 0.2) is 5.78 Å². The van der Waals surface area contributed by atoms with Crippen molar-refractivity contribution < 1.29 is 4.79 Å². The van der Waals surface area contributed by atoms with Crippen LogP contribution in [-0.2, 0) is 4.79 Å². The number of hydrogen-bond acceptors (Lipinski definition) is 2. The summed E-state index contributed by atoms with van der Waals surface area (Å²) in [6, 6.07) is 9.68. The van der Waals surface area contributed by atoms with Gasteiger partial charge in [-0.1, -0.05) is 18.2 Å². The van der Waals surface area contributed by atoms with E-state index in [0.29, 0.717) is 0 Å². The Morgan fingerprint density at radius 3 is 2.58 bits per heavy atom. The molecule has 2 nitrogen and oxygen atoms in total. The summed E-state index contributed by atoms with van der Waals surface area (Å²) in [7, 11) is 0. The maximum Gasteiger partial charge on any atom is 0.154 e. The predicted molar refractivity (Wildman–Crippen MR) is 49.9 cm³/mol. The summed E-state index contributed by atoms with van der Waals surface area (Å²) in [6.45, 7) is 1.52. The minimum Gasteiger partial charge on any atom is -0.362 e. The fraction of sp³-hybridized carbons (Fsp3) is 0.100. The van der Waals surface area contributed by atoms with Crippen molar-refractivity contribution in [3.63, 3.8) is 0 Å². The second-order valence-electron chi connectivity index (χ2n) is 2.45. The van der Waals surface area contributed by atoms with Crippen LogP contribution in [0.4, 0.5) is 5.69 Å². The summed E-state index contributed by atoms with van der Waals surface area (Å²) in [6.07, 6.45) is 3.13. The molecule has 62 valence electrons. The normalized spacial score (nSPS) is 10.1. The fourth-order valence-corrected chi connectivity index (χ4v) is 0.790. The van der Waals surface area contributed by atoms with E-state index in [2.05, 4.69) is 5.32 Å². The van der Waals surface area contributed by atoms with Crippen molar-refractivity contribution in [2.75, 3.05) is 5.32 Å². The zero-order valence-electron chi connectivity index (χ0n) is 6.95. The standard InChI is InChI=1S/C10H11NO/c1-9(12)7-8-11-10-5-3-2-4-6-10/h2-8,11H,1H3/b8-7+. The second kappa shape index (κ2) is 4.34. The van der Waals surface area contributed by atoms with Crippen molar-refractivity contribution in [3.8, 4) is 0 Å². The van der Waals surface area contributed by atoms with Gasteiger partial charge >= 0.3 is 0 Å². The molecule has 0 saturated heterocycles. The van der Waals surface area contributed by atoms with Gasteiger partial charge in [-0.25, -0.2) is 0 Å². The molecule has 0 amide bonds. The van der Waals surface area contributed by atoms with Crippen LogP contribution in [0.15, 0.2) is 42.6 Å². The van der Waals surface area contributed by atoms with Crippen LogP contribution >= 0.6 is 0 Å². The molecule has 0 aliphatic carbocycles. The number of carbonyl (C=O) groups excluding carboxylic acids is 1. The highest BCUT2D eigenvalue weighted by Crippen LogP contribution is 2.03. The third-order valence-electron chi connectivity index (χ3n) is 1.34. The van der Waals surface area contributed by atoms with Crippen LogP contribution in [0.25, 0.3) is 0 Å². The number of para-hydroxylation sites is 1. The molecule has 0 unspecified atom stereocenters. The summed E-state index contributed by atoms with van der Waals surface area (Å²) in [5, 5.41) is 2.97. The van der Waals surface area contributed by atoms with Gasteiger partial charge in [0.1, 0.15) is 0 Å². The first-order chi connectivity index (χ1) is 5.79. The van der Waals surface area contributed by atoms with Gasteiger partial charge in [0, 0.05) is 11.9 Å². The zero-order chi connectivity index (χ0) is 8.81. The van der Waals surface area contributed by atoms with Crippen LogP contribution in [0.2, 0.25) is 0 Å². The Kier molecular flexibility index (Phi) is 3.08. The van der Waals surface area contributed by atoms with Crippen molar-refractivity contribution in [1.82, 2.24) is 0 Å². The van der Waals surface area contributed by atoms with E-state index >= 15 is 0 Å². The smallest absolute Gasteiger partial charge is 0.154 e. The minimum absolute atomic E-state index is 0.0402. The molecule has 0 heterocycles. The molecule has 1 aromatic carbocycles. The van der Waals surface area contributed by atoms with E-state index in [0.717, 1.165) is 5.69 Å². The molecular weight excluding hydrogens is 150 g/mol. The highest BCUT2D eigenvalue weighted by Gasteiger charge is 1.84. The molecular formula is C10H11NO. The lowest BCUT2D eigenvalue weighted by atomic mass is 10.3. The molecule has 2 heteroatoms. The summed E-state index contributed by atoms with van der Waals surface area (Å²) in [5.74, 6) is 0.0402. The molecule has 0 saturated carbocycles. The molecule has 12 heavy (non-hydrogen) atoms. The van der Waals surface area contributed by atoms with E-state index in [4.69, 9.17) is 0 Å². The SMILES string of the molecule is CC(=O)/C=C/Nc1ccccc1. The minimum atomic E-state index is 0.0402. The molecule has 1 rings (SSSR count). The molecule has 0 aromatic heterocycles. The number of ketones is 1. The van der Waals surface area contributed by atoms with Gasteiger partial charge in [0.25, 0.3) is 0 Å². The lowest BCUT2D eigenvalue weighted by Gasteiger charge is -1.97. The lowest BCUT2D eigenvalue weighted by Crippen LogP contribution is -1.88. The van der Waals surface area contributed by atoms with E-state index in [1.165, 1.54) is 13.0 Å². The predicted octanol–water partition coefficient (Wildman–Crippen LogP) is 2.20. The molecule has 0 fully saturated rings. The summed E-state index contributed by atoms with van der Waals surface area (Å²) in [4.78, 5) is 10.5. The van der Waals surface area contributed by atoms with E-state index < -0.39 is 0 Å². The van der Waals surface area contributed by atoms with Crippen LogP contribution < -0.4 is 5.32 Å².